The van der Waals surface area contributed by atoms with Crippen LogP contribution >= 0.6 is 0 Å². The number of nitrogens with one attached hydrogen (secondary N) is 2. The van der Waals surface area contributed by atoms with Crippen molar-refractivity contribution in [1.82, 2.24) is 14.3 Å². The number of aromatic amines is 2. The summed E-state index contributed by atoms with van der Waals surface area (Å²) in [5.41, 5.74) is 1.91. The molecule has 168 valence electrons. The van der Waals surface area contributed by atoms with Crippen LogP contribution in [0.2, 0.25) is 0 Å². The fourth-order valence-corrected chi connectivity index (χ4v) is 4.41. The number of pyridine rings is 1. The first kappa shape index (κ1) is 23.2. The van der Waals surface area contributed by atoms with Crippen LogP contribution in [0.1, 0.15) is 18.9 Å². The van der Waals surface area contributed by atoms with E-state index in [2.05, 4.69) is 9.97 Å². The van der Waals surface area contributed by atoms with Gasteiger partial charge in [-0.05, 0) is 42.7 Å². The van der Waals surface area contributed by atoms with Crippen molar-refractivity contribution in [1.29, 1.82) is 0 Å². The summed E-state index contributed by atoms with van der Waals surface area (Å²) >= 11 is 0. The first-order chi connectivity index (χ1) is 15.2. The van der Waals surface area contributed by atoms with Gasteiger partial charge in [0.2, 0.25) is 10.0 Å². The van der Waals surface area contributed by atoms with E-state index in [0.717, 1.165) is 5.56 Å². The molecule has 32 heavy (non-hydrogen) atoms. The Bertz CT molecular complexity index is 1390. The van der Waals surface area contributed by atoms with Crippen molar-refractivity contribution in [3.8, 4) is 0 Å². The zero-order chi connectivity index (χ0) is 23.3. The first-order valence-electron chi connectivity index (χ1n) is 10.1. The van der Waals surface area contributed by atoms with Gasteiger partial charge in [0, 0.05) is 42.0 Å². The van der Waals surface area contributed by atoms with Gasteiger partial charge in [-0.25, -0.2) is 12.7 Å². The summed E-state index contributed by atoms with van der Waals surface area (Å²) in [5, 5.41) is 10.7. The van der Waals surface area contributed by atoms with Crippen LogP contribution in [0.4, 0.5) is 0 Å². The number of carboxylic acid groups (broad SMARTS) is 1. The van der Waals surface area contributed by atoms with Gasteiger partial charge in [-0.3, -0.25) is 4.79 Å². The van der Waals surface area contributed by atoms with Crippen molar-refractivity contribution in [2.24, 2.45) is 0 Å². The summed E-state index contributed by atoms with van der Waals surface area (Å²) in [6.07, 6.45) is 2.42. The van der Waals surface area contributed by atoms with Crippen LogP contribution in [-0.4, -0.2) is 42.3 Å². The molecule has 0 bridgehead atoms. The minimum Gasteiger partial charge on any atom is -0.550 e. The Morgan fingerprint density at radius 1 is 1.06 bits per heavy atom. The third-order valence-corrected chi connectivity index (χ3v) is 6.91. The van der Waals surface area contributed by atoms with Gasteiger partial charge in [0.1, 0.15) is 5.52 Å². The molecule has 0 amide bonds. The molecule has 2 aromatic heterocycles. The van der Waals surface area contributed by atoms with Crippen LogP contribution in [0.3, 0.4) is 0 Å². The third-order valence-electron chi connectivity index (χ3n) is 5.06. The van der Waals surface area contributed by atoms with Gasteiger partial charge in [-0.2, -0.15) is 0 Å². The van der Waals surface area contributed by atoms with Gasteiger partial charge in [-0.15, -0.1) is 0 Å². The Hall–Kier alpha value is -3.43. The molecule has 0 aliphatic heterocycles. The van der Waals surface area contributed by atoms with Gasteiger partial charge in [0.25, 0.3) is 5.56 Å². The molecular weight excluding hydrogens is 430 g/mol. The Labute approximate surface area is 185 Å². The lowest BCUT2D eigenvalue weighted by Gasteiger charge is -2.17. The molecule has 0 radical (unpaired) electrons. The molecule has 2 N–H and O–H groups in total. The number of likely N-dealkylation sites (N-methyl/N-ethyl adjacent to an activating group) is 1. The number of carbonyl (C=O) groups is 1. The maximum Gasteiger partial charge on any atom is 0.272 e. The zero-order valence-electron chi connectivity index (χ0n) is 17.8. The van der Waals surface area contributed by atoms with Crippen molar-refractivity contribution in [2.75, 3.05) is 13.6 Å². The molecule has 0 fully saturated rings. The molecular formula is C23H24N3O5S-. The number of sulfonamides is 1. The summed E-state index contributed by atoms with van der Waals surface area (Å²) in [5.74, 6) is -0.995. The number of fused-ring (bicyclic) bond motifs is 3. The summed E-state index contributed by atoms with van der Waals surface area (Å²) in [6, 6.07) is 16.4. The summed E-state index contributed by atoms with van der Waals surface area (Å²) in [6.45, 7) is 1.92. The molecule has 8 nitrogen and oxygen atoms in total. The second-order valence-corrected chi connectivity index (χ2v) is 9.26. The standard InChI is InChI=1S/C20H19N3O3S.C3H6O2/c1-23(12-10-14-5-3-2-4-6-14)27(25,26)15-7-8-18-17(13-15)16-9-11-21-19(16)20(24)22-18;1-2-3(4)5/h2-9,11,13,21H,10,12H2,1H3,(H,22,24);2H2,1H3,(H,4,5)/p-1. The molecule has 2 heterocycles. The SMILES string of the molecule is CCC(=O)[O-].CN(CCc1ccccc1)S(=O)(=O)c1ccc2[nH]c(=O)c3[nH]ccc3c2c1. The minimum absolute atomic E-state index is 0.111. The van der Waals surface area contributed by atoms with E-state index < -0.39 is 16.0 Å². The van der Waals surface area contributed by atoms with Gasteiger partial charge in [-0.1, -0.05) is 37.3 Å². The highest BCUT2D eigenvalue weighted by molar-refractivity contribution is 7.89. The lowest BCUT2D eigenvalue weighted by atomic mass is 10.1. The predicted molar refractivity (Wildman–Crippen MR) is 122 cm³/mol. The van der Waals surface area contributed by atoms with Crippen LogP contribution < -0.4 is 10.7 Å². The molecule has 4 aromatic rings. The van der Waals surface area contributed by atoms with Crippen LogP contribution in [0.15, 0.2) is 70.5 Å². The minimum atomic E-state index is -3.63. The van der Waals surface area contributed by atoms with Crippen molar-refractivity contribution in [2.45, 2.75) is 24.7 Å². The number of nitrogens with zero attached hydrogens (tertiary/aromatic N) is 1. The Morgan fingerprint density at radius 3 is 2.41 bits per heavy atom. The van der Waals surface area contributed by atoms with Crippen molar-refractivity contribution in [3.63, 3.8) is 0 Å². The van der Waals surface area contributed by atoms with E-state index in [0.29, 0.717) is 34.8 Å². The summed E-state index contributed by atoms with van der Waals surface area (Å²) in [7, 11) is -2.05. The fraction of sp³-hybridized carbons (Fsp3) is 0.217. The van der Waals surface area contributed by atoms with E-state index in [-0.39, 0.29) is 16.9 Å². The molecule has 0 atom stereocenters. The number of rotatable bonds is 6. The fourth-order valence-electron chi connectivity index (χ4n) is 3.21. The number of H-pyrrole nitrogens is 2. The third kappa shape index (κ3) is 5.06. The van der Waals surface area contributed by atoms with E-state index >= 15 is 0 Å². The monoisotopic (exact) mass is 454 g/mol. The highest BCUT2D eigenvalue weighted by Crippen LogP contribution is 2.25. The quantitative estimate of drug-likeness (QED) is 0.461. The molecule has 0 saturated carbocycles. The largest absolute Gasteiger partial charge is 0.550 e. The number of carboxylic acids is 1. The van der Waals surface area contributed by atoms with E-state index in [1.54, 1.807) is 31.4 Å². The highest BCUT2D eigenvalue weighted by atomic mass is 32.2. The zero-order valence-corrected chi connectivity index (χ0v) is 18.6. The number of hydrogen-bond acceptors (Lipinski definition) is 5. The number of aliphatic carboxylic acids is 1. The topological polar surface area (TPSA) is 126 Å². The lowest BCUT2D eigenvalue weighted by molar-refractivity contribution is -0.305. The molecule has 0 unspecified atom stereocenters. The lowest BCUT2D eigenvalue weighted by Crippen LogP contribution is -2.29. The van der Waals surface area contributed by atoms with E-state index in [4.69, 9.17) is 0 Å². The number of carbonyl (C=O) groups excluding carboxylic acids is 1. The van der Waals surface area contributed by atoms with Crippen molar-refractivity contribution < 1.29 is 18.3 Å². The molecule has 2 aromatic carbocycles. The smallest absolute Gasteiger partial charge is 0.272 e. The first-order valence-corrected chi connectivity index (χ1v) is 11.5. The van der Waals surface area contributed by atoms with Crippen LogP contribution in [0.25, 0.3) is 21.8 Å². The summed E-state index contributed by atoms with van der Waals surface area (Å²) in [4.78, 5) is 27.2. The maximum atomic E-state index is 13.0. The average molecular weight is 455 g/mol. The molecule has 0 spiro atoms. The van der Waals surface area contributed by atoms with Gasteiger partial charge in [0.05, 0.1) is 4.90 Å². The summed E-state index contributed by atoms with van der Waals surface area (Å²) < 4.78 is 27.3. The molecule has 9 heteroatoms. The predicted octanol–water partition coefficient (Wildman–Crippen LogP) is 2.02. The second kappa shape index (κ2) is 9.80. The van der Waals surface area contributed by atoms with E-state index in [1.165, 1.54) is 17.3 Å². The Kier molecular flexibility index (Phi) is 7.12. The molecule has 0 saturated heterocycles. The average Bonchev–Trinajstić information content (AvgIpc) is 3.29. The van der Waals surface area contributed by atoms with Crippen molar-refractivity contribution in [3.05, 3.63) is 76.7 Å². The second-order valence-electron chi connectivity index (χ2n) is 7.22. The number of hydrogen-bond donors (Lipinski definition) is 2. The maximum absolute atomic E-state index is 13.0. The van der Waals surface area contributed by atoms with Gasteiger partial charge < -0.3 is 19.9 Å². The molecule has 4 rings (SSSR count). The normalized spacial score (nSPS) is 11.5. The van der Waals surface area contributed by atoms with E-state index in [9.17, 15) is 23.1 Å². The van der Waals surface area contributed by atoms with Crippen LogP contribution in [0.5, 0.6) is 0 Å². The van der Waals surface area contributed by atoms with Crippen molar-refractivity contribution >= 4 is 37.8 Å². The molecule has 0 aliphatic rings. The Balaban J connectivity index is 0.000000523. The number of aromatic nitrogens is 2. The van der Waals surface area contributed by atoms with Crippen LogP contribution in [0, 0.1) is 0 Å². The van der Waals surface area contributed by atoms with Gasteiger partial charge in [0.15, 0.2) is 0 Å². The highest BCUT2D eigenvalue weighted by Gasteiger charge is 2.21. The van der Waals surface area contributed by atoms with E-state index in [1.807, 2.05) is 30.3 Å². The number of benzene rings is 2. The molecule has 0 aliphatic carbocycles. The van der Waals surface area contributed by atoms with Crippen LogP contribution in [-0.2, 0) is 21.2 Å². The van der Waals surface area contributed by atoms with Gasteiger partial charge >= 0.3 is 0 Å². The Morgan fingerprint density at radius 2 is 1.75 bits per heavy atom.